The van der Waals surface area contributed by atoms with Crippen LogP contribution in [0.4, 0.5) is 0 Å². The minimum absolute atomic E-state index is 0.814. The molecule has 1 aromatic heterocycles. The van der Waals surface area contributed by atoms with Gasteiger partial charge in [-0.2, -0.15) is 0 Å². The van der Waals surface area contributed by atoms with E-state index in [0.29, 0.717) is 0 Å². The zero-order valence-corrected chi connectivity index (χ0v) is 11.5. The van der Waals surface area contributed by atoms with E-state index in [1.54, 1.807) is 7.11 Å². The van der Waals surface area contributed by atoms with Gasteiger partial charge in [-0.05, 0) is 24.6 Å². The fraction of sp³-hybridized carbons (Fsp3) is 0.118. The fourth-order valence-electron chi connectivity index (χ4n) is 2.26. The number of hydrogen-bond donors (Lipinski definition) is 0. The molecule has 100 valence electrons. The second-order valence-electron chi connectivity index (χ2n) is 4.56. The summed E-state index contributed by atoms with van der Waals surface area (Å²) in [6.07, 6.45) is 0. The van der Waals surface area contributed by atoms with Gasteiger partial charge in [0.15, 0.2) is 0 Å². The Kier molecular flexibility index (Phi) is 3.25. The number of ether oxygens (including phenoxy) is 1. The smallest absolute Gasteiger partial charge is 0.142 e. The molecular weight excluding hydrogens is 250 g/mol. The predicted molar refractivity (Wildman–Crippen MR) is 78.7 cm³/mol. The number of hydrogen-bond acceptors (Lipinski definition) is 3. The lowest BCUT2D eigenvalue weighted by molar-refractivity contribution is 0.400. The SMILES string of the molecule is COc1ccc(-c2c(-c3ccccc3)noc2C)cc1. The first kappa shape index (κ1) is 12.5. The van der Waals surface area contributed by atoms with Gasteiger partial charge in [-0.15, -0.1) is 0 Å². The van der Waals surface area contributed by atoms with E-state index in [1.165, 1.54) is 0 Å². The monoisotopic (exact) mass is 265 g/mol. The average Bonchev–Trinajstić information content (AvgIpc) is 2.90. The third kappa shape index (κ3) is 2.18. The first-order chi connectivity index (χ1) is 9.79. The highest BCUT2D eigenvalue weighted by Crippen LogP contribution is 2.34. The van der Waals surface area contributed by atoms with Gasteiger partial charge in [-0.25, -0.2) is 0 Å². The van der Waals surface area contributed by atoms with Crippen LogP contribution in [-0.2, 0) is 0 Å². The second-order valence-corrected chi connectivity index (χ2v) is 4.56. The Hall–Kier alpha value is -2.55. The molecule has 0 radical (unpaired) electrons. The molecule has 20 heavy (non-hydrogen) atoms. The summed E-state index contributed by atoms with van der Waals surface area (Å²) in [5.41, 5.74) is 4.02. The summed E-state index contributed by atoms with van der Waals surface area (Å²) in [4.78, 5) is 0. The molecule has 1 heterocycles. The van der Waals surface area contributed by atoms with Crippen molar-refractivity contribution in [2.24, 2.45) is 0 Å². The highest BCUT2D eigenvalue weighted by Gasteiger charge is 2.16. The van der Waals surface area contributed by atoms with E-state index in [2.05, 4.69) is 5.16 Å². The molecule has 2 aromatic carbocycles. The van der Waals surface area contributed by atoms with E-state index < -0.39 is 0 Å². The van der Waals surface area contributed by atoms with E-state index in [0.717, 1.165) is 33.9 Å². The van der Waals surface area contributed by atoms with Crippen molar-refractivity contribution in [3.63, 3.8) is 0 Å². The van der Waals surface area contributed by atoms with Gasteiger partial charge in [0, 0.05) is 5.56 Å². The molecule has 3 rings (SSSR count). The van der Waals surface area contributed by atoms with Crippen molar-refractivity contribution in [3.05, 3.63) is 60.4 Å². The van der Waals surface area contributed by atoms with Gasteiger partial charge in [0.05, 0.1) is 12.7 Å². The highest BCUT2D eigenvalue weighted by molar-refractivity contribution is 5.82. The normalized spacial score (nSPS) is 10.5. The zero-order valence-electron chi connectivity index (χ0n) is 11.5. The van der Waals surface area contributed by atoms with Crippen molar-refractivity contribution in [2.75, 3.05) is 7.11 Å². The van der Waals surface area contributed by atoms with E-state index in [4.69, 9.17) is 9.26 Å². The van der Waals surface area contributed by atoms with E-state index in [9.17, 15) is 0 Å². The summed E-state index contributed by atoms with van der Waals surface area (Å²) in [7, 11) is 1.66. The summed E-state index contributed by atoms with van der Waals surface area (Å²) >= 11 is 0. The van der Waals surface area contributed by atoms with E-state index in [-0.39, 0.29) is 0 Å². The van der Waals surface area contributed by atoms with Crippen LogP contribution in [0.3, 0.4) is 0 Å². The van der Waals surface area contributed by atoms with Crippen LogP contribution in [0.1, 0.15) is 5.76 Å². The number of nitrogens with zero attached hydrogens (tertiary/aromatic N) is 1. The zero-order chi connectivity index (χ0) is 13.9. The molecule has 0 atom stereocenters. The molecule has 0 unspecified atom stereocenters. The third-order valence-electron chi connectivity index (χ3n) is 3.29. The lowest BCUT2D eigenvalue weighted by atomic mass is 9.99. The lowest BCUT2D eigenvalue weighted by Crippen LogP contribution is -1.85. The molecule has 3 nitrogen and oxygen atoms in total. The van der Waals surface area contributed by atoms with Crippen molar-refractivity contribution in [2.45, 2.75) is 6.92 Å². The fourth-order valence-corrected chi connectivity index (χ4v) is 2.26. The van der Waals surface area contributed by atoms with Gasteiger partial charge in [-0.1, -0.05) is 47.6 Å². The summed E-state index contributed by atoms with van der Waals surface area (Å²) in [6.45, 7) is 1.93. The molecule has 0 amide bonds. The van der Waals surface area contributed by atoms with Crippen molar-refractivity contribution in [1.29, 1.82) is 0 Å². The maximum Gasteiger partial charge on any atom is 0.142 e. The molecule has 0 bridgehead atoms. The second kappa shape index (κ2) is 5.21. The summed E-state index contributed by atoms with van der Waals surface area (Å²) in [5, 5.41) is 4.20. The van der Waals surface area contributed by atoms with Crippen LogP contribution in [-0.4, -0.2) is 12.3 Å². The Morgan fingerprint density at radius 3 is 2.25 bits per heavy atom. The first-order valence-corrected chi connectivity index (χ1v) is 6.45. The largest absolute Gasteiger partial charge is 0.497 e. The van der Waals surface area contributed by atoms with Crippen molar-refractivity contribution in [3.8, 4) is 28.1 Å². The number of aromatic nitrogens is 1. The molecule has 0 saturated carbocycles. The topological polar surface area (TPSA) is 35.3 Å². The quantitative estimate of drug-likeness (QED) is 0.707. The Morgan fingerprint density at radius 1 is 0.900 bits per heavy atom. The van der Waals surface area contributed by atoms with Gasteiger partial charge in [-0.3, -0.25) is 0 Å². The van der Waals surface area contributed by atoms with Gasteiger partial charge in [0.2, 0.25) is 0 Å². The van der Waals surface area contributed by atoms with Crippen LogP contribution >= 0.6 is 0 Å². The number of methoxy groups -OCH3 is 1. The molecule has 0 fully saturated rings. The first-order valence-electron chi connectivity index (χ1n) is 6.45. The standard InChI is InChI=1S/C17H15NO2/c1-12-16(13-8-10-15(19-2)11-9-13)17(18-20-12)14-6-4-3-5-7-14/h3-11H,1-2H3. The van der Waals surface area contributed by atoms with Gasteiger partial charge >= 0.3 is 0 Å². The van der Waals surface area contributed by atoms with E-state index >= 15 is 0 Å². The summed E-state index contributed by atoms with van der Waals surface area (Å²) < 4.78 is 10.6. The highest BCUT2D eigenvalue weighted by atomic mass is 16.5. The Bertz CT molecular complexity index is 700. The molecule has 0 aliphatic rings. The van der Waals surface area contributed by atoms with Gasteiger partial charge < -0.3 is 9.26 Å². The van der Waals surface area contributed by atoms with Gasteiger partial charge in [0.1, 0.15) is 17.2 Å². The van der Waals surface area contributed by atoms with E-state index in [1.807, 2.05) is 61.5 Å². The van der Waals surface area contributed by atoms with Crippen molar-refractivity contribution in [1.82, 2.24) is 5.16 Å². The summed E-state index contributed by atoms with van der Waals surface area (Å²) in [5.74, 6) is 1.65. The Labute approximate surface area is 117 Å². The van der Waals surface area contributed by atoms with Crippen molar-refractivity contribution < 1.29 is 9.26 Å². The number of rotatable bonds is 3. The lowest BCUT2D eigenvalue weighted by Gasteiger charge is -2.04. The van der Waals surface area contributed by atoms with Crippen LogP contribution in [0.25, 0.3) is 22.4 Å². The minimum atomic E-state index is 0.814. The molecule has 0 spiro atoms. The van der Waals surface area contributed by atoms with Crippen LogP contribution < -0.4 is 4.74 Å². The third-order valence-corrected chi connectivity index (χ3v) is 3.29. The Balaban J connectivity index is 2.11. The molecule has 3 heteroatoms. The van der Waals surface area contributed by atoms with Crippen LogP contribution in [0.15, 0.2) is 59.1 Å². The van der Waals surface area contributed by atoms with Crippen LogP contribution in [0, 0.1) is 6.92 Å². The molecule has 0 aliphatic heterocycles. The minimum Gasteiger partial charge on any atom is -0.497 e. The maximum absolute atomic E-state index is 5.38. The Morgan fingerprint density at radius 2 is 1.60 bits per heavy atom. The van der Waals surface area contributed by atoms with Gasteiger partial charge in [0.25, 0.3) is 0 Å². The number of benzene rings is 2. The maximum atomic E-state index is 5.38. The molecule has 0 saturated heterocycles. The molecule has 0 aliphatic carbocycles. The van der Waals surface area contributed by atoms with Crippen LogP contribution in [0.2, 0.25) is 0 Å². The van der Waals surface area contributed by atoms with Crippen LogP contribution in [0.5, 0.6) is 5.75 Å². The molecule has 3 aromatic rings. The average molecular weight is 265 g/mol. The van der Waals surface area contributed by atoms with Crippen molar-refractivity contribution >= 4 is 0 Å². The molecule has 0 N–H and O–H groups in total. The predicted octanol–water partition coefficient (Wildman–Crippen LogP) is 4.33. The summed E-state index contributed by atoms with van der Waals surface area (Å²) in [6, 6.07) is 18.0. The number of aryl methyl sites for hydroxylation is 1. The molecular formula is C17H15NO2.